The first-order valence-corrected chi connectivity index (χ1v) is 19.1. The van der Waals surface area contributed by atoms with Gasteiger partial charge in [0.15, 0.2) is 0 Å². The van der Waals surface area contributed by atoms with Gasteiger partial charge in [-0.05, 0) is 69.1 Å². The SMILES string of the molecule is CCOC(=O)N(CCc1ccccc1)C(=O)[C@H](CCCN(c1nc2oc(-c3ccc(C)cc3)c(C(=O)NC)c2cc1C1CC1)S(C)(=O)=O)COC. The first-order chi connectivity index (χ1) is 24.5. The van der Waals surface area contributed by atoms with Crippen LogP contribution in [-0.2, 0) is 30.7 Å². The average molecular weight is 719 g/mol. The highest BCUT2D eigenvalue weighted by atomic mass is 32.2. The number of fused-ring (bicyclic) bond motifs is 1. The molecule has 1 fully saturated rings. The molecule has 2 aromatic heterocycles. The number of imide groups is 1. The number of aromatic nitrogens is 1. The molecule has 2 aromatic carbocycles. The Labute approximate surface area is 299 Å². The van der Waals surface area contributed by atoms with Crippen molar-refractivity contribution in [2.24, 2.45) is 5.92 Å². The summed E-state index contributed by atoms with van der Waals surface area (Å²) >= 11 is 0. The molecule has 0 radical (unpaired) electrons. The summed E-state index contributed by atoms with van der Waals surface area (Å²) in [7, 11) is -0.830. The van der Waals surface area contributed by atoms with E-state index in [1.165, 1.54) is 11.4 Å². The van der Waals surface area contributed by atoms with E-state index in [1.54, 1.807) is 14.0 Å². The average Bonchev–Trinajstić information content (AvgIpc) is 3.89. The fourth-order valence-electron chi connectivity index (χ4n) is 6.17. The lowest BCUT2D eigenvalue weighted by atomic mass is 10.0. The van der Waals surface area contributed by atoms with E-state index in [4.69, 9.17) is 18.9 Å². The molecular weight excluding hydrogens is 673 g/mol. The number of nitrogens with one attached hydrogen (secondary N) is 1. The number of carbonyl (C=O) groups excluding carboxylic acids is 3. The summed E-state index contributed by atoms with van der Waals surface area (Å²) < 4.78 is 44.9. The number of sulfonamides is 1. The van der Waals surface area contributed by atoms with E-state index in [-0.39, 0.29) is 62.5 Å². The van der Waals surface area contributed by atoms with Crippen LogP contribution in [-0.4, -0.2) is 82.9 Å². The second-order valence-corrected chi connectivity index (χ2v) is 14.7. The lowest BCUT2D eigenvalue weighted by Crippen LogP contribution is -2.44. The number of ether oxygens (including phenoxy) is 2. The molecule has 3 amide bonds. The summed E-state index contributed by atoms with van der Waals surface area (Å²) in [5.41, 5.74) is 3.91. The van der Waals surface area contributed by atoms with Gasteiger partial charge in [0.2, 0.25) is 21.6 Å². The van der Waals surface area contributed by atoms with Crippen molar-refractivity contribution in [2.75, 3.05) is 51.0 Å². The summed E-state index contributed by atoms with van der Waals surface area (Å²) in [5, 5.41) is 3.20. The summed E-state index contributed by atoms with van der Waals surface area (Å²) in [6.45, 7) is 3.93. The van der Waals surface area contributed by atoms with Crippen molar-refractivity contribution >= 4 is 44.8 Å². The molecule has 1 saturated carbocycles. The van der Waals surface area contributed by atoms with Gasteiger partial charge >= 0.3 is 6.09 Å². The van der Waals surface area contributed by atoms with Crippen molar-refractivity contribution < 1.29 is 36.7 Å². The van der Waals surface area contributed by atoms with Gasteiger partial charge in [0, 0.05) is 32.8 Å². The van der Waals surface area contributed by atoms with E-state index in [1.807, 2.05) is 67.6 Å². The third kappa shape index (κ3) is 8.95. The molecule has 13 heteroatoms. The zero-order valence-electron chi connectivity index (χ0n) is 29.8. The number of amides is 3. The van der Waals surface area contributed by atoms with Gasteiger partial charge in [-0.1, -0.05) is 60.2 Å². The molecule has 51 heavy (non-hydrogen) atoms. The molecular formula is C38H46N4O8S. The molecule has 5 rings (SSSR count). The topological polar surface area (TPSA) is 148 Å². The number of methoxy groups -OCH3 is 1. The lowest BCUT2D eigenvalue weighted by Gasteiger charge is -2.27. The molecule has 0 spiro atoms. The highest BCUT2D eigenvalue weighted by Gasteiger charge is 2.35. The minimum absolute atomic E-state index is 0.0157. The van der Waals surface area contributed by atoms with E-state index < -0.39 is 27.9 Å². The van der Waals surface area contributed by atoms with E-state index in [9.17, 15) is 22.8 Å². The molecule has 4 aromatic rings. The molecule has 2 heterocycles. The Balaban J connectivity index is 1.44. The number of hydrogen-bond donors (Lipinski definition) is 1. The van der Waals surface area contributed by atoms with Crippen molar-refractivity contribution in [1.29, 1.82) is 0 Å². The van der Waals surface area contributed by atoms with Crippen LogP contribution in [0.1, 0.15) is 65.6 Å². The number of benzene rings is 2. The number of hydrogen-bond acceptors (Lipinski definition) is 9. The molecule has 0 bridgehead atoms. The number of carbonyl (C=O) groups is 3. The van der Waals surface area contributed by atoms with Crippen LogP contribution in [0, 0.1) is 12.8 Å². The Morgan fingerprint density at radius 2 is 1.76 bits per heavy atom. The Morgan fingerprint density at radius 3 is 2.37 bits per heavy atom. The number of nitrogens with zero attached hydrogens (tertiary/aromatic N) is 3. The van der Waals surface area contributed by atoms with Crippen LogP contribution in [0.2, 0.25) is 0 Å². The van der Waals surface area contributed by atoms with Crippen LogP contribution in [0.3, 0.4) is 0 Å². The van der Waals surface area contributed by atoms with Crippen LogP contribution >= 0.6 is 0 Å². The van der Waals surface area contributed by atoms with Gasteiger partial charge in [0.25, 0.3) is 5.91 Å². The zero-order chi connectivity index (χ0) is 36.7. The molecule has 1 aliphatic carbocycles. The van der Waals surface area contributed by atoms with Crippen LogP contribution in [0.4, 0.5) is 10.6 Å². The minimum Gasteiger partial charge on any atom is -0.449 e. The van der Waals surface area contributed by atoms with Gasteiger partial charge in [-0.25, -0.2) is 18.1 Å². The van der Waals surface area contributed by atoms with Crippen molar-refractivity contribution in [3.63, 3.8) is 0 Å². The Morgan fingerprint density at radius 1 is 1.06 bits per heavy atom. The molecule has 1 N–H and O–H groups in total. The molecule has 0 aliphatic heterocycles. The van der Waals surface area contributed by atoms with Crippen LogP contribution in [0.15, 0.2) is 65.1 Å². The van der Waals surface area contributed by atoms with E-state index in [2.05, 4.69) is 5.32 Å². The number of anilines is 1. The van der Waals surface area contributed by atoms with E-state index in [0.717, 1.165) is 35.1 Å². The molecule has 0 unspecified atom stereocenters. The number of rotatable bonds is 16. The molecule has 1 aliphatic rings. The Hall–Kier alpha value is -4.75. The van der Waals surface area contributed by atoms with Crippen LogP contribution < -0.4 is 9.62 Å². The normalized spacial score (nSPS) is 13.5. The summed E-state index contributed by atoms with van der Waals surface area (Å²) in [5.74, 6) is -0.854. The Bertz CT molecular complexity index is 1960. The van der Waals surface area contributed by atoms with Crippen molar-refractivity contribution in [1.82, 2.24) is 15.2 Å². The Kier molecular flexibility index (Phi) is 12.1. The maximum atomic E-state index is 13.8. The van der Waals surface area contributed by atoms with Gasteiger partial charge in [-0.3, -0.25) is 13.9 Å². The number of aryl methyl sites for hydroxylation is 1. The smallest absolute Gasteiger partial charge is 0.416 e. The second kappa shape index (κ2) is 16.5. The van der Waals surface area contributed by atoms with Crippen molar-refractivity contribution in [2.45, 2.75) is 51.9 Å². The molecule has 0 saturated heterocycles. The van der Waals surface area contributed by atoms with E-state index >= 15 is 0 Å². The van der Waals surface area contributed by atoms with Crippen LogP contribution in [0.5, 0.6) is 0 Å². The predicted molar refractivity (Wildman–Crippen MR) is 195 cm³/mol. The fourth-order valence-corrected chi connectivity index (χ4v) is 7.09. The predicted octanol–water partition coefficient (Wildman–Crippen LogP) is 6.08. The first kappa shape index (κ1) is 37.5. The van der Waals surface area contributed by atoms with Gasteiger partial charge in [-0.2, -0.15) is 4.98 Å². The summed E-state index contributed by atoms with van der Waals surface area (Å²) in [6, 6.07) is 18.9. The van der Waals surface area contributed by atoms with Gasteiger partial charge in [0.05, 0.1) is 36.3 Å². The first-order valence-electron chi connectivity index (χ1n) is 17.2. The molecule has 12 nitrogen and oxygen atoms in total. The van der Waals surface area contributed by atoms with Crippen molar-refractivity contribution in [3.8, 4) is 11.3 Å². The third-order valence-electron chi connectivity index (χ3n) is 8.96. The second-order valence-electron chi connectivity index (χ2n) is 12.8. The minimum atomic E-state index is -3.85. The maximum absolute atomic E-state index is 13.8. The zero-order valence-corrected chi connectivity index (χ0v) is 30.6. The third-order valence-corrected chi connectivity index (χ3v) is 10.1. The molecule has 1 atom stereocenters. The maximum Gasteiger partial charge on any atom is 0.416 e. The highest BCUT2D eigenvalue weighted by Crippen LogP contribution is 2.47. The fraction of sp³-hybridized carbons (Fsp3) is 0.421. The standard InChI is InChI=1S/C38H46N4O8S/c1-6-49-38(45)41(22-20-26-11-8-7-9-12-26)37(44)29(24-48-4)13-10-21-42(51(5,46)47)34-30(27-18-19-27)23-31-32(35(43)39-3)33(50-36(31)40-34)28-16-14-25(2)15-17-28/h7-9,11-12,14-17,23,27,29H,6,10,13,18-22,24H2,1-5H3,(H,39,43)/t29-/m1/s1. The summed E-state index contributed by atoms with van der Waals surface area (Å²) in [4.78, 5) is 45.8. The summed E-state index contributed by atoms with van der Waals surface area (Å²) in [6.07, 6.45) is 3.05. The largest absolute Gasteiger partial charge is 0.449 e. The van der Waals surface area contributed by atoms with Crippen LogP contribution in [0.25, 0.3) is 22.4 Å². The van der Waals surface area contributed by atoms with Crippen molar-refractivity contribution in [3.05, 3.63) is 82.9 Å². The quantitative estimate of drug-likeness (QED) is 0.146. The molecule has 272 valence electrons. The number of pyridine rings is 1. The van der Waals surface area contributed by atoms with Gasteiger partial charge in [-0.15, -0.1) is 0 Å². The highest BCUT2D eigenvalue weighted by molar-refractivity contribution is 7.92. The number of furan rings is 1. The van der Waals surface area contributed by atoms with E-state index in [0.29, 0.717) is 34.3 Å². The monoisotopic (exact) mass is 718 g/mol. The lowest BCUT2D eigenvalue weighted by molar-refractivity contribution is -0.135. The van der Waals surface area contributed by atoms with Gasteiger partial charge in [0.1, 0.15) is 11.6 Å². The van der Waals surface area contributed by atoms with Gasteiger partial charge < -0.3 is 19.2 Å².